The van der Waals surface area contributed by atoms with E-state index in [1.807, 2.05) is 22.6 Å². The Morgan fingerprint density at radius 2 is 2.38 bits per heavy atom. The van der Waals surface area contributed by atoms with Crippen molar-refractivity contribution in [2.75, 3.05) is 12.3 Å². The standard InChI is InChI=1S/C14H16IN5O/c1-3-11(21)19-7-9(6-8(19)2)20-10-4-5-17-14(16)12(10)13(15)18-20/h3-5,8-9H,1,6-7H2,2H3,(H2,16,17)/t8-,9-/m0/s1. The predicted molar refractivity (Wildman–Crippen MR) is 89.7 cm³/mol. The molecule has 0 radical (unpaired) electrons. The number of pyridine rings is 1. The fourth-order valence-electron chi connectivity index (χ4n) is 2.95. The smallest absolute Gasteiger partial charge is 0.246 e. The minimum absolute atomic E-state index is 0.0302. The average Bonchev–Trinajstić information content (AvgIpc) is 3.00. The summed E-state index contributed by atoms with van der Waals surface area (Å²) in [5, 5.41) is 5.49. The molecule has 110 valence electrons. The number of anilines is 1. The second-order valence-corrected chi connectivity index (χ2v) is 6.28. The molecule has 1 saturated heterocycles. The number of rotatable bonds is 2. The molecule has 1 fully saturated rings. The zero-order valence-electron chi connectivity index (χ0n) is 11.7. The van der Waals surface area contributed by atoms with E-state index in [9.17, 15) is 4.79 Å². The Bertz CT molecular complexity index is 725. The van der Waals surface area contributed by atoms with Crippen LogP contribution >= 0.6 is 22.6 Å². The SMILES string of the molecule is C=CC(=O)N1C[C@@H](n2nc(I)c3c(N)nccc32)C[C@@H]1C. The van der Waals surface area contributed by atoms with Gasteiger partial charge >= 0.3 is 0 Å². The van der Waals surface area contributed by atoms with Crippen molar-refractivity contribution in [3.05, 3.63) is 28.6 Å². The number of fused-ring (bicyclic) bond motifs is 1. The van der Waals surface area contributed by atoms with Crippen LogP contribution in [0, 0.1) is 3.70 Å². The second kappa shape index (κ2) is 5.28. The lowest BCUT2D eigenvalue weighted by Crippen LogP contribution is -2.32. The van der Waals surface area contributed by atoms with Crippen LogP contribution in [0.1, 0.15) is 19.4 Å². The maximum atomic E-state index is 11.9. The third-order valence-corrected chi connectivity index (χ3v) is 4.72. The number of carbonyl (C=O) groups excluding carboxylic acids is 1. The maximum Gasteiger partial charge on any atom is 0.246 e. The molecule has 0 aliphatic carbocycles. The predicted octanol–water partition coefficient (Wildman–Crippen LogP) is 1.97. The van der Waals surface area contributed by atoms with Crippen molar-refractivity contribution >= 4 is 45.2 Å². The number of halogens is 1. The largest absolute Gasteiger partial charge is 0.383 e. The molecular weight excluding hydrogens is 381 g/mol. The molecule has 3 heterocycles. The first-order valence-corrected chi connectivity index (χ1v) is 7.82. The van der Waals surface area contributed by atoms with Crippen LogP contribution in [-0.4, -0.2) is 38.2 Å². The highest BCUT2D eigenvalue weighted by atomic mass is 127. The van der Waals surface area contributed by atoms with Crippen molar-refractivity contribution in [1.29, 1.82) is 0 Å². The van der Waals surface area contributed by atoms with Gasteiger partial charge in [-0.15, -0.1) is 0 Å². The Balaban J connectivity index is 2.01. The lowest BCUT2D eigenvalue weighted by Gasteiger charge is -2.19. The van der Waals surface area contributed by atoms with E-state index in [1.54, 1.807) is 6.20 Å². The van der Waals surface area contributed by atoms with Gasteiger partial charge in [-0.25, -0.2) is 4.98 Å². The Morgan fingerprint density at radius 1 is 1.62 bits per heavy atom. The lowest BCUT2D eigenvalue weighted by molar-refractivity contribution is -0.126. The molecule has 0 saturated carbocycles. The molecule has 21 heavy (non-hydrogen) atoms. The van der Waals surface area contributed by atoms with Crippen molar-refractivity contribution in [3.63, 3.8) is 0 Å². The first-order chi connectivity index (χ1) is 10.0. The number of nitrogens with two attached hydrogens (primary N) is 1. The zero-order valence-corrected chi connectivity index (χ0v) is 13.8. The monoisotopic (exact) mass is 397 g/mol. The van der Waals surface area contributed by atoms with Gasteiger partial charge in [-0.2, -0.15) is 5.10 Å². The van der Waals surface area contributed by atoms with Gasteiger partial charge in [0, 0.05) is 18.8 Å². The van der Waals surface area contributed by atoms with Crippen molar-refractivity contribution in [2.45, 2.75) is 25.4 Å². The Hall–Kier alpha value is -1.64. The molecule has 1 aliphatic rings. The number of hydrogen-bond donors (Lipinski definition) is 1. The molecule has 0 spiro atoms. The van der Waals surface area contributed by atoms with E-state index in [4.69, 9.17) is 5.73 Å². The third kappa shape index (κ3) is 2.29. The van der Waals surface area contributed by atoms with Gasteiger partial charge in [0.15, 0.2) is 0 Å². The van der Waals surface area contributed by atoms with E-state index in [2.05, 4.69) is 39.3 Å². The minimum Gasteiger partial charge on any atom is -0.383 e. The van der Waals surface area contributed by atoms with Crippen LogP contribution in [0.5, 0.6) is 0 Å². The zero-order chi connectivity index (χ0) is 15.1. The van der Waals surface area contributed by atoms with E-state index in [-0.39, 0.29) is 18.0 Å². The number of nitrogens with zero attached hydrogens (tertiary/aromatic N) is 4. The Kier molecular flexibility index (Phi) is 3.60. The summed E-state index contributed by atoms with van der Waals surface area (Å²) in [6, 6.07) is 2.25. The first-order valence-electron chi connectivity index (χ1n) is 6.74. The Labute approximate surface area is 136 Å². The van der Waals surface area contributed by atoms with Crippen molar-refractivity contribution in [2.24, 2.45) is 0 Å². The molecule has 1 amide bonds. The molecule has 0 aromatic carbocycles. The molecule has 6 nitrogen and oxygen atoms in total. The minimum atomic E-state index is -0.0302. The third-order valence-electron chi connectivity index (χ3n) is 3.96. The van der Waals surface area contributed by atoms with Crippen LogP contribution in [0.2, 0.25) is 0 Å². The van der Waals surface area contributed by atoms with Gasteiger partial charge in [0.05, 0.1) is 16.9 Å². The number of likely N-dealkylation sites (tertiary alicyclic amines) is 1. The second-order valence-electron chi connectivity index (χ2n) is 5.26. The van der Waals surface area contributed by atoms with E-state index < -0.39 is 0 Å². The maximum absolute atomic E-state index is 11.9. The lowest BCUT2D eigenvalue weighted by atomic mass is 10.2. The van der Waals surface area contributed by atoms with Crippen LogP contribution < -0.4 is 5.73 Å². The molecule has 2 atom stereocenters. The summed E-state index contributed by atoms with van der Waals surface area (Å²) < 4.78 is 2.82. The summed E-state index contributed by atoms with van der Waals surface area (Å²) in [6.45, 7) is 6.25. The molecule has 2 aromatic heterocycles. The van der Waals surface area contributed by atoms with Gasteiger partial charge in [0.1, 0.15) is 9.52 Å². The molecule has 1 aliphatic heterocycles. The Morgan fingerprint density at radius 3 is 3.10 bits per heavy atom. The van der Waals surface area contributed by atoms with Gasteiger partial charge in [-0.1, -0.05) is 6.58 Å². The molecule has 0 unspecified atom stereocenters. The van der Waals surface area contributed by atoms with Crippen LogP contribution in [0.3, 0.4) is 0 Å². The number of nitrogen functional groups attached to an aromatic ring is 1. The van der Waals surface area contributed by atoms with Gasteiger partial charge < -0.3 is 10.6 Å². The quantitative estimate of drug-likeness (QED) is 0.621. The van der Waals surface area contributed by atoms with Crippen molar-refractivity contribution in [1.82, 2.24) is 19.7 Å². The highest BCUT2D eigenvalue weighted by Gasteiger charge is 2.34. The average molecular weight is 397 g/mol. The van der Waals surface area contributed by atoms with Crippen LogP contribution in [0.25, 0.3) is 10.9 Å². The van der Waals surface area contributed by atoms with Gasteiger partial charge in [0.2, 0.25) is 5.91 Å². The molecule has 2 N–H and O–H groups in total. The molecule has 7 heteroatoms. The summed E-state index contributed by atoms with van der Waals surface area (Å²) >= 11 is 2.17. The fraction of sp³-hybridized carbons (Fsp3) is 0.357. The number of hydrogen-bond acceptors (Lipinski definition) is 4. The number of amides is 1. The van der Waals surface area contributed by atoms with E-state index >= 15 is 0 Å². The highest BCUT2D eigenvalue weighted by Crippen LogP contribution is 2.32. The number of aromatic nitrogens is 3. The summed E-state index contributed by atoms with van der Waals surface area (Å²) in [7, 11) is 0. The van der Waals surface area contributed by atoms with Gasteiger partial charge in [0.25, 0.3) is 0 Å². The number of carbonyl (C=O) groups is 1. The fourth-order valence-corrected chi connectivity index (χ4v) is 3.74. The van der Waals surface area contributed by atoms with Gasteiger partial charge in [-0.05, 0) is 48.1 Å². The van der Waals surface area contributed by atoms with Crippen LogP contribution in [0.15, 0.2) is 24.9 Å². The molecular formula is C14H16IN5O. The normalized spacial score (nSPS) is 21.9. The summed E-state index contributed by atoms with van der Waals surface area (Å²) in [5.74, 6) is 0.463. The molecule has 2 aromatic rings. The summed E-state index contributed by atoms with van der Waals surface area (Å²) in [5.41, 5.74) is 6.92. The summed E-state index contributed by atoms with van der Waals surface area (Å²) in [4.78, 5) is 17.8. The van der Waals surface area contributed by atoms with E-state index in [0.29, 0.717) is 12.4 Å². The van der Waals surface area contributed by atoms with Crippen molar-refractivity contribution in [3.8, 4) is 0 Å². The molecule has 3 rings (SSSR count). The van der Waals surface area contributed by atoms with E-state index in [1.165, 1.54) is 6.08 Å². The topological polar surface area (TPSA) is 77.0 Å². The molecule has 0 bridgehead atoms. The van der Waals surface area contributed by atoms with E-state index in [0.717, 1.165) is 21.0 Å². The summed E-state index contributed by atoms with van der Waals surface area (Å²) in [6.07, 6.45) is 3.93. The highest BCUT2D eigenvalue weighted by molar-refractivity contribution is 14.1. The van der Waals surface area contributed by atoms with Gasteiger partial charge in [-0.3, -0.25) is 9.48 Å². The van der Waals surface area contributed by atoms with Crippen molar-refractivity contribution < 1.29 is 4.79 Å². The van der Waals surface area contributed by atoms with Crippen LogP contribution in [-0.2, 0) is 4.79 Å². The first kappa shape index (κ1) is 14.3. The van der Waals surface area contributed by atoms with Crippen LogP contribution in [0.4, 0.5) is 5.82 Å².